The van der Waals surface area contributed by atoms with E-state index in [9.17, 15) is 27.5 Å². The maximum Gasteiger partial charge on any atom is 0.357 e. The van der Waals surface area contributed by atoms with Gasteiger partial charge in [0.2, 0.25) is 0 Å². The first-order valence-electron chi connectivity index (χ1n) is 14.5. The summed E-state index contributed by atoms with van der Waals surface area (Å²) in [6.07, 6.45) is 0.507. The van der Waals surface area contributed by atoms with Crippen LogP contribution in [-0.2, 0) is 27.9 Å². The van der Waals surface area contributed by atoms with Crippen molar-refractivity contribution in [1.29, 1.82) is 5.26 Å². The van der Waals surface area contributed by atoms with Gasteiger partial charge in [0.25, 0.3) is 10.1 Å². The van der Waals surface area contributed by atoms with E-state index in [1.807, 2.05) is 19.9 Å². The fourth-order valence-corrected chi connectivity index (χ4v) is 5.36. The Balaban J connectivity index is 1.61. The van der Waals surface area contributed by atoms with Gasteiger partial charge in [0.1, 0.15) is 17.5 Å². The van der Waals surface area contributed by atoms with Gasteiger partial charge in [-0.2, -0.15) is 33.2 Å². The Labute approximate surface area is 280 Å². The molecule has 4 rings (SSSR count). The number of hydrogen-bond acceptors (Lipinski definition) is 12. The molecule has 0 bridgehead atoms. The predicted octanol–water partition coefficient (Wildman–Crippen LogP) is 7.14. The highest BCUT2D eigenvalue weighted by Gasteiger charge is 2.16. The van der Waals surface area contributed by atoms with Crippen LogP contribution in [0.1, 0.15) is 27.8 Å². The van der Waals surface area contributed by atoms with Crippen LogP contribution in [0.3, 0.4) is 0 Å². The van der Waals surface area contributed by atoms with E-state index in [-0.39, 0.29) is 23.8 Å². The molecule has 250 valence electrons. The molecule has 0 heterocycles. The van der Waals surface area contributed by atoms with Gasteiger partial charge in [-0.25, -0.2) is 0 Å². The lowest BCUT2D eigenvalue weighted by Gasteiger charge is -2.17. The number of rotatable bonds is 14. The van der Waals surface area contributed by atoms with Crippen molar-refractivity contribution in [1.82, 2.24) is 0 Å². The van der Waals surface area contributed by atoms with Gasteiger partial charge in [-0.1, -0.05) is 18.2 Å². The first kappa shape index (κ1) is 35.8. The van der Waals surface area contributed by atoms with E-state index in [0.717, 1.165) is 16.7 Å². The minimum Gasteiger partial charge on any atom is -0.395 e. The molecule has 0 spiro atoms. The lowest BCUT2D eigenvalue weighted by Crippen LogP contribution is -2.10. The fourth-order valence-electron chi connectivity index (χ4n) is 4.61. The highest BCUT2D eigenvalue weighted by molar-refractivity contribution is 7.85. The number of nitrogens with one attached hydrogen (secondary N) is 2. The first-order chi connectivity index (χ1) is 22.9. The smallest absolute Gasteiger partial charge is 0.357 e. The Morgan fingerprint density at radius 2 is 1.52 bits per heavy atom. The molecule has 0 aliphatic heterocycles. The number of aliphatic hydroxyl groups is 1. The van der Waals surface area contributed by atoms with E-state index in [0.29, 0.717) is 58.2 Å². The lowest BCUT2D eigenvalue weighted by molar-refractivity contribution is 0.311. The second-order valence-corrected chi connectivity index (χ2v) is 12.5. The van der Waals surface area contributed by atoms with Crippen molar-refractivity contribution >= 4 is 55.6 Å². The monoisotopic (exact) mass is 691 g/mol. The van der Waals surface area contributed by atoms with Crippen molar-refractivity contribution in [2.75, 3.05) is 30.3 Å². The number of aliphatic hydroxyl groups excluding tert-OH is 1. The molecule has 1 unspecified atom stereocenters. The van der Waals surface area contributed by atoms with Crippen LogP contribution in [0, 0.1) is 32.1 Å². The van der Waals surface area contributed by atoms with E-state index in [1.165, 1.54) is 24.3 Å². The van der Waals surface area contributed by atoms with Crippen molar-refractivity contribution in [2.45, 2.75) is 32.1 Å². The summed E-state index contributed by atoms with van der Waals surface area (Å²) < 4.78 is 56.6. The Morgan fingerprint density at radius 3 is 2.12 bits per heavy atom. The average molecular weight is 692 g/mol. The van der Waals surface area contributed by atoms with Gasteiger partial charge in [-0.15, -0.1) is 5.11 Å². The minimum absolute atomic E-state index is 0.130. The molecule has 4 aromatic rings. The molecule has 0 aromatic heterocycles. The third-order valence-electron chi connectivity index (χ3n) is 7.06. The molecule has 0 radical (unpaired) electrons. The van der Waals surface area contributed by atoms with Gasteiger partial charge >= 0.3 is 11.4 Å². The Hall–Kier alpha value is -5.05. The number of nitriles is 1. The second kappa shape index (κ2) is 16.2. The molecular weight excluding hydrogens is 659 g/mol. The molecule has 0 amide bonds. The average Bonchev–Trinajstić information content (AvgIpc) is 3.03. The van der Waals surface area contributed by atoms with Gasteiger partial charge in [-0.05, 0) is 91.9 Å². The maximum absolute atomic E-state index is 11.4. The summed E-state index contributed by atoms with van der Waals surface area (Å²) in [5.41, 5.74) is 6.39. The number of benzene rings is 4. The summed E-state index contributed by atoms with van der Waals surface area (Å²) in [7, 11) is -4.29. The van der Waals surface area contributed by atoms with Crippen LogP contribution in [0.5, 0.6) is 5.75 Å². The third-order valence-corrected chi connectivity index (χ3v) is 8.27. The van der Waals surface area contributed by atoms with Crippen LogP contribution in [-0.4, -0.2) is 46.5 Å². The number of nitrogens with zero attached hydrogens (tertiary/aromatic N) is 5. The van der Waals surface area contributed by atoms with Crippen LogP contribution in [0.4, 0.5) is 34.1 Å². The zero-order valence-electron chi connectivity index (χ0n) is 26.2. The molecular formula is C32H33N7O7S2. The quantitative estimate of drug-likeness (QED) is 0.0511. The van der Waals surface area contributed by atoms with Crippen LogP contribution < -0.4 is 14.8 Å². The standard InChI is InChI=1S/C32H33N7O7S2/c1-20-16-29(21(2)15-28(20)37-36-24-5-4-6-25(17-24)46-47(41)42)38-39-32-22(3)27(19-33)30(35-13-14-40)18-31(32)34-12-11-23-7-9-26(10-8-23)48(43,44)45/h4-10,15-18,34-35,40H,11-14H2,1-3H3,(H,41,42)(H,43,44,45). The summed E-state index contributed by atoms with van der Waals surface area (Å²) in [5, 5.41) is 43.3. The molecule has 48 heavy (non-hydrogen) atoms. The molecule has 1 atom stereocenters. The predicted molar refractivity (Wildman–Crippen MR) is 182 cm³/mol. The number of azo groups is 2. The zero-order chi connectivity index (χ0) is 34.8. The number of aryl methyl sites for hydroxylation is 2. The summed E-state index contributed by atoms with van der Waals surface area (Å²) in [6.45, 7) is 5.98. The van der Waals surface area contributed by atoms with E-state index in [2.05, 4.69) is 37.2 Å². The van der Waals surface area contributed by atoms with Crippen molar-refractivity contribution in [2.24, 2.45) is 20.5 Å². The highest BCUT2D eigenvalue weighted by atomic mass is 32.2. The minimum atomic E-state index is -4.29. The Bertz CT molecular complexity index is 2030. The second-order valence-electron chi connectivity index (χ2n) is 10.5. The van der Waals surface area contributed by atoms with Crippen molar-refractivity contribution in [3.05, 3.63) is 94.5 Å². The van der Waals surface area contributed by atoms with E-state index in [4.69, 9.17) is 8.74 Å². The normalized spacial score (nSPS) is 12.3. The van der Waals surface area contributed by atoms with Gasteiger partial charge in [-0.3, -0.25) is 9.11 Å². The Kier molecular flexibility index (Phi) is 12.1. The van der Waals surface area contributed by atoms with E-state index >= 15 is 0 Å². The molecule has 0 saturated heterocycles. The topological polar surface area (TPSA) is 218 Å². The Morgan fingerprint density at radius 1 is 0.875 bits per heavy atom. The largest absolute Gasteiger partial charge is 0.395 e. The molecule has 0 saturated carbocycles. The lowest BCUT2D eigenvalue weighted by atomic mass is 10.0. The van der Waals surface area contributed by atoms with Crippen molar-refractivity contribution < 1.29 is 31.0 Å². The molecule has 0 fully saturated rings. The molecule has 5 N–H and O–H groups in total. The van der Waals surface area contributed by atoms with E-state index < -0.39 is 21.5 Å². The molecule has 16 heteroatoms. The first-order valence-corrected chi connectivity index (χ1v) is 16.9. The van der Waals surface area contributed by atoms with Gasteiger partial charge < -0.3 is 19.9 Å². The summed E-state index contributed by atoms with van der Waals surface area (Å²) in [5.74, 6) is 0.172. The van der Waals surface area contributed by atoms with Crippen LogP contribution in [0.15, 0.2) is 92.1 Å². The van der Waals surface area contributed by atoms with Crippen molar-refractivity contribution in [3.63, 3.8) is 0 Å². The number of hydrogen-bond donors (Lipinski definition) is 5. The van der Waals surface area contributed by atoms with Gasteiger partial charge in [0.15, 0.2) is 0 Å². The van der Waals surface area contributed by atoms with Gasteiger partial charge in [0.05, 0.1) is 45.5 Å². The summed E-state index contributed by atoms with van der Waals surface area (Å²) >= 11 is -2.46. The van der Waals surface area contributed by atoms with Crippen LogP contribution in [0.2, 0.25) is 0 Å². The molecule has 0 aliphatic rings. The molecule has 0 aliphatic carbocycles. The summed E-state index contributed by atoms with van der Waals surface area (Å²) in [6, 6.07) is 19.8. The third kappa shape index (κ3) is 9.50. The maximum atomic E-state index is 11.4. The zero-order valence-corrected chi connectivity index (χ0v) is 27.8. The van der Waals surface area contributed by atoms with Crippen LogP contribution in [0.25, 0.3) is 0 Å². The SMILES string of the molecule is Cc1cc(N=Nc2c(NCCc3ccc(S(=O)(=O)O)cc3)cc(NCCO)c(C#N)c2C)c(C)cc1N=Nc1cccc(OS(=O)O)c1. The van der Waals surface area contributed by atoms with Crippen molar-refractivity contribution in [3.8, 4) is 11.8 Å². The van der Waals surface area contributed by atoms with Gasteiger partial charge in [0, 0.05) is 19.2 Å². The van der Waals surface area contributed by atoms with E-state index in [1.54, 1.807) is 43.3 Å². The molecule has 4 aromatic carbocycles. The highest BCUT2D eigenvalue weighted by Crippen LogP contribution is 2.38. The fraction of sp³-hybridized carbons (Fsp3) is 0.219. The van der Waals surface area contributed by atoms with Crippen LogP contribution >= 0.6 is 0 Å². The number of anilines is 2. The molecule has 14 nitrogen and oxygen atoms in total. The summed E-state index contributed by atoms with van der Waals surface area (Å²) in [4.78, 5) is -0.190.